The number of aryl methyl sites for hydroxylation is 1. The lowest BCUT2D eigenvalue weighted by atomic mass is 10.0. The normalized spacial score (nSPS) is 17.1. The van der Waals surface area contributed by atoms with Crippen molar-refractivity contribution in [2.24, 2.45) is 5.41 Å². The minimum Gasteiger partial charge on any atom is -0.385 e. The van der Waals surface area contributed by atoms with E-state index in [1.807, 2.05) is 13.0 Å². The quantitative estimate of drug-likeness (QED) is 0.798. The van der Waals surface area contributed by atoms with Gasteiger partial charge in [0.1, 0.15) is 12.1 Å². The SMILES string of the molecule is COCCC1(CNc2cc(C)ncn2)CC1. The second-order valence-electron chi connectivity index (χ2n) is 4.64. The molecular formula is C12H19N3O. The maximum atomic E-state index is 5.14. The maximum Gasteiger partial charge on any atom is 0.129 e. The lowest BCUT2D eigenvalue weighted by Crippen LogP contribution is -2.17. The van der Waals surface area contributed by atoms with Crippen LogP contribution < -0.4 is 5.32 Å². The first-order chi connectivity index (χ1) is 7.74. The number of anilines is 1. The van der Waals surface area contributed by atoms with Crippen LogP contribution in [0.3, 0.4) is 0 Å². The van der Waals surface area contributed by atoms with Crippen LogP contribution >= 0.6 is 0 Å². The topological polar surface area (TPSA) is 47.0 Å². The summed E-state index contributed by atoms with van der Waals surface area (Å²) in [6, 6.07) is 1.98. The summed E-state index contributed by atoms with van der Waals surface area (Å²) >= 11 is 0. The van der Waals surface area contributed by atoms with Gasteiger partial charge in [0.05, 0.1) is 0 Å². The average Bonchev–Trinajstić information content (AvgIpc) is 3.05. The van der Waals surface area contributed by atoms with E-state index in [-0.39, 0.29) is 0 Å². The van der Waals surface area contributed by atoms with Crippen LogP contribution in [0.4, 0.5) is 5.82 Å². The van der Waals surface area contributed by atoms with Crippen molar-refractivity contribution < 1.29 is 4.74 Å². The fraction of sp³-hybridized carbons (Fsp3) is 0.667. The molecule has 0 aliphatic heterocycles. The Morgan fingerprint density at radius 1 is 1.44 bits per heavy atom. The smallest absolute Gasteiger partial charge is 0.129 e. The average molecular weight is 221 g/mol. The molecule has 0 aromatic carbocycles. The Balaban J connectivity index is 1.83. The first-order valence-electron chi connectivity index (χ1n) is 5.76. The summed E-state index contributed by atoms with van der Waals surface area (Å²) in [5, 5.41) is 3.39. The Bertz CT molecular complexity index is 350. The standard InChI is InChI=1S/C12H19N3O/c1-10-7-11(15-9-14-10)13-8-12(3-4-12)5-6-16-2/h7,9H,3-6,8H2,1-2H3,(H,13,14,15). The zero-order valence-electron chi connectivity index (χ0n) is 9.99. The van der Waals surface area contributed by atoms with E-state index in [1.54, 1.807) is 13.4 Å². The van der Waals surface area contributed by atoms with E-state index < -0.39 is 0 Å². The third-order valence-corrected chi connectivity index (χ3v) is 3.24. The molecule has 0 radical (unpaired) electrons. The van der Waals surface area contributed by atoms with E-state index in [1.165, 1.54) is 12.8 Å². The van der Waals surface area contributed by atoms with Crippen molar-refractivity contribution in [2.75, 3.05) is 25.6 Å². The van der Waals surface area contributed by atoms with Crippen LogP contribution in [0, 0.1) is 12.3 Å². The van der Waals surface area contributed by atoms with Gasteiger partial charge in [-0.1, -0.05) is 0 Å². The Kier molecular flexibility index (Phi) is 3.39. The highest BCUT2D eigenvalue weighted by Gasteiger charge is 2.41. The number of hydrogen-bond acceptors (Lipinski definition) is 4. The first-order valence-corrected chi connectivity index (χ1v) is 5.76. The summed E-state index contributed by atoms with van der Waals surface area (Å²) in [5.41, 5.74) is 1.45. The molecular weight excluding hydrogens is 202 g/mol. The van der Waals surface area contributed by atoms with Crippen LogP contribution in [-0.4, -0.2) is 30.2 Å². The monoisotopic (exact) mass is 221 g/mol. The summed E-state index contributed by atoms with van der Waals surface area (Å²) in [6.45, 7) is 3.82. The van der Waals surface area contributed by atoms with E-state index in [4.69, 9.17) is 4.74 Å². The third-order valence-electron chi connectivity index (χ3n) is 3.24. The Morgan fingerprint density at radius 2 is 2.25 bits per heavy atom. The van der Waals surface area contributed by atoms with Crippen molar-refractivity contribution in [3.05, 3.63) is 18.1 Å². The van der Waals surface area contributed by atoms with Gasteiger partial charge in [0.15, 0.2) is 0 Å². The Labute approximate surface area is 96.4 Å². The lowest BCUT2D eigenvalue weighted by Gasteiger charge is -2.15. The van der Waals surface area contributed by atoms with E-state index in [9.17, 15) is 0 Å². The fourth-order valence-electron chi connectivity index (χ4n) is 1.84. The highest BCUT2D eigenvalue weighted by molar-refractivity contribution is 5.35. The minimum absolute atomic E-state index is 0.453. The van der Waals surface area contributed by atoms with Crippen LogP contribution in [0.5, 0.6) is 0 Å². The van der Waals surface area contributed by atoms with Crippen LogP contribution in [0.25, 0.3) is 0 Å². The molecule has 0 amide bonds. The van der Waals surface area contributed by atoms with Gasteiger partial charge in [-0.2, -0.15) is 0 Å². The number of ether oxygens (including phenoxy) is 1. The van der Waals surface area contributed by atoms with Crippen molar-refractivity contribution in [3.8, 4) is 0 Å². The molecule has 0 unspecified atom stereocenters. The van der Waals surface area contributed by atoms with Gasteiger partial charge in [0.25, 0.3) is 0 Å². The van der Waals surface area contributed by atoms with Gasteiger partial charge in [-0.25, -0.2) is 9.97 Å². The van der Waals surface area contributed by atoms with Crippen LogP contribution in [-0.2, 0) is 4.74 Å². The molecule has 1 aliphatic carbocycles. The molecule has 1 aromatic heterocycles. The molecule has 0 bridgehead atoms. The summed E-state index contributed by atoms with van der Waals surface area (Å²) in [4.78, 5) is 8.28. The number of nitrogens with one attached hydrogen (secondary N) is 1. The van der Waals surface area contributed by atoms with Gasteiger partial charge in [-0.3, -0.25) is 0 Å². The van der Waals surface area contributed by atoms with Gasteiger partial charge in [0.2, 0.25) is 0 Å². The van der Waals surface area contributed by atoms with Crippen molar-refractivity contribution in [3.63, 3.8) is 0 Å². The van der Waals surface area contributed by atoms with Gasteiger partial charge in [-0.15, -0.1) is 0 Å². The molecule has 0 spiro atoms. The molecule has 0 saturated heterocycles. The molecule has 4 nitrogen and oxygen atoms in total. The molecule has 16 heavy (non-hydrogen) atoms. The van der Waals surface area contributed by atoms with Gasteiger partial charge < -0.3 is 10.1 Å². The molecule has 88 valence electrons. The summed E-state index contributed by atoms with van der Waals surface area (Å²) in [7, 11) is 1.76. The Hall–Kier alpha value is -1.16. The van der Waals surface area contributed by atoms with Crippen molar-refractivity contribution in [1.29, 1.82) is 0 Å². The largest absolute Gasteiger partial charge is 0.385 e. The van der Waals surface area contributed by atoms with Crippen molar-refractivity contribution in [2.45, 2.75) is 26.2 Å². The van der Waals surface area contributed by atoms with E-state index >= 15 is 0 Å². The van der Waals surface area contributed by atoms with E-state index in [0.29, 0.717) is 5.41 Å². The molecule has 1 saturated carbocycles. The molecule has 1 fully saturated rings. The van der Waals surface area contributed by atoms with Crippen molar-refractivity contribution >= 4 is 5.82 Å². The summed E-state index contributed by atoms with van der Waals surface area (Å²) in [6.07, 6.45) is 5.34. The summed E-state index contributed by atoms with van der Waals surface area (Å²) < 4.78 is 5.14. The number of methoxy groups -OCH3 is 1. The first kappa shape index (κ1) is 11.3. The molecule has 1 N–H and O–H groups in total. The number of nitrogens with zero attached hydrogens (tertiary/aromatic N) is 2. The lowest BCUT2D eigenvalue weighted by molar-refractivity contribution is 0.175. The Morgan fingerprint density at radius 3 is 2.88 bits per heavy atom. The number of aromatic nitrogens is 2. The molecule has 1 heterocycles. The van der Waals surface area contributed by atoms with Gasteiger partial charge in [-0.05, 0) is 31.6 Å². The van der Waals surface area contributed by atoms with Crippen LogP contribution in [0.15, 0.2) is 12.4 Å². The third kappa shape index (κ3) is 2.92. The molecule has 2 rings (SSSR count). The highest BCUT2D eigenvalue weighted by Crippen LogP contribution is 2.48. The second-order valence-corrected chi connectivity index (χ2v) is 4.64. The van der Waals surface area contributed by atoms with Gasteiger partial charge in [0, 0.05) is 32.0 Å². The zero-order valence-corrected chi connectivity index (χ0v) is 9.99. The van der Waals surface area contributed by atoms with E-state index in [2.05, 4.69) is 15.3 Å². The predicted octanol–water partition coefficient (Wildman–Crippen LogP) is 2.01. The van der Waals surface area contributed by atoms with Crippen LogP contribution in [0.1, 0.15) is 25.0 Å². The highest BCUT2D eigenvalue weighted by atomic mass is 16.5. The van der Waals surface area contributed by atoms with Gasteiger partial charge >= 0.3 is 0 Å². The number of hydrogen-bond donors (Lipinski definition) is 1. The maximum absolute atomic E-state index is 5.14. The number of rotatable bonds is 6. The molecule has 4 heteroatoms. The minimum atomic E-state index is 0.453. The predicted molar refractivity (Wildman–Crippen MR) is 63.4 cm³/mol. The van der Waals surface area contributed by atoms with Crippen molar-refractivity contribution in [1.82, 2.24) is 9.97 Å². The van der Waals surface area contributed by atoms with E-state index in [0.717, 1.165) is 31.1 Å². The summed E-state index contributed by atoms with van der Waals surface area (Å²) in [5.74, 6) is 0.927. The zero-order chi connectivity index (χ0) is 11.4. The molecule has 0 atom stereocenters. The second kappa shape index (κ2) is 4.78. The molecule has 1 aromatic rings. The fourth-order valence-corrected chi connectivity index (χ4v) is 1.84. The van der Waals surface area contributed by atoms with Crippen LogP contribution in [0.2, 0.25) is 0 Å². The molecule has 1 aliphatic rings.